The second kappa shape index (κ2) is 11.9. The summed E-state index contributed by atoms with van der Waals surface area (Å²) in [6.07, 6.45) is 3.80. The normalized spacial score (nSPS) is 24.2. The standard InChI is InChI=1S/C33H46O5Si/c1-24(27-18-19-28-30(35-6)29(38-31(34)36-7)20-22-33(27,28)5)21-23-37-39(32(2,3)4,25-14-10-8-11-15-25)26-16-12-9-13-17-26/h8-17,24,27,29H,18-23H2,1-7H3/t24-,27-,29+,33-/m1/s1. The number of fused-ring (bicyclic) bond motifs is 1. The summed E-state index contributed by atoms with van der Waals surface area (Å²) < 4.78 is 23.4. The highest BCUT2D eigenvalue weighted by Gasteiger charge is 2.52. The molecule has 0 saturated heterocycles. The molecule has 0 aliphatic heterocycles. The highest BCUT2D eigenvalue weighted by atomic mass is 28.4. The highest BCUT2D eigenvalue weighted by Crippen LogP contribution is 2.58. The molecule has 5 nitrogen and oxygen atoms in total. The average Bonchev–Trinajstić information content (AvgIpc) is 3.28. The molecule has 0 heterocycles. The van der Waals surface area contributed by atoms with Gasteiger partial charge in [-0.1, -0.05) is 95.3 Å². The number of carbonyl (C=O) groups is 1. The fourth-order valence-electron chi connectivity index (χ4n) is 7.43. The molecule has 1 saturated carbocycles. The first-order valence-electron chi connectivity index (χ1n) is 14.4. The van der Waals surface area contributed by atoms with E-state index in [1.165, 1.54) is 23.1 Å². The lowest BCUT2D eigenvalue weighted by molar-refractivity contribution is 0.00803. The molecular formula is C33H46O5Si. The van der Waals surface area contributed by atoms with Crippen molar-refractivity contribution >= 4 is 24.8 Å². The van der Waals surface area contributed by atoms with Crippen molar-refractivity contribution in [1.82, 2.24) is 0 Å². The van der Waals surface area contributed by atoms with Crippen LogP contribution in [0.1, 0.15) is 66.7 Å². The predicted molar refractivity (Wildman–Crippen MR) is 159 cm³/mol. The third-order valence-corrected chi connectivity index (χ3v) is 14.4. The molecule has 2 aromatic rings. The van der Waals surface area contributed by atoms with Crippen LogP contribution in [0.2, 0.25) is 5.04 Å². The monoisotopic (exact) mass is 550 g/mol. The van der Waals surface area contributed by atoms with Crippen LogP contribution >= 0.6 is 0 Å². The zero-order chi connectivity index (χ0) is 28.3. The molecule has 0 amide bonds. The van der Waals surface area contributed by atoms with Crippen molar-refractivity contribution in [3.8, 4) is 0 Å². The third kappa shape index (κ3) is 5.55. The molecule has 2 aliphatic rings. The highest BCUT2D eigenvalue weighted by molar-refractivity contribution is 6.99. The van der Waals surface area contributed by atoms with Gasteiger partial charge in [0.05, 0.1) is 14.2 Å². The van der Waals surface area contributed by atoms with Gasteiger partial charge in [-0.3, -0.25) is 0 Å². The van der Waals surface area contributed by atoms with Gasteiger partial charge in [-0.2, -0.15) is 0 Å². The molecule has 0 N–H and O–H groups in total. The minimum atomic E-state index is -2.54. The molecule has 1 fully saturated rings. The topological polar surface area (TPSA) is 54.0 Å². The number of rotatable bonds is 9. The van der Waals surface area contributed by atoms with Crippen LogP contribution in [0.3, 0.4) is 0 Å². The summed E-state index contributed by atoms with van der Waals surface area (Å²) in [7, 11) is 0.491. The lowest BCUT2D eigenvalue weighted by Gasteiger charge is -2.44. The van der Waals surface area contributed by atoms with E-state index in [0.29, 0.717) is 11.8 Å². The van der Waals surface area contributed by atoms with Gasteiger partial charge in [0.1, 0.15) is 5.76 Å². The molecule has 0 radical (unpaired) electrons. The maximum atomic E-state index is 11.8. The molecule has 0 spiro atoms. The third-order valence-electron chi connectivity index (χ3n) is 9.35. The SMILES string of the molecule is COC(=O)O[C@H]1CC[C@@]2(C)C(=C1OC)CC[C@@H]2[C@H](C)CCO[Si](c1ccccc1)(c1ccccc1)C(C)(C)C. The van der Waals surface area contributed by atoms with Gasteiger partial charge in [-0.25, -0.2) is 4.79 Å². The van der Waals surface area contributed by atoms with Gasteiger partial charge in [0, 0.05) is 6.61 Å². The van der Waals surface area contributed by atoms with E-state index in [2.05, 4.69) is 95.3 Å². The molecule has 4 rings (SSSR count). The van der Waals surface area contributed by atoms with Crippen LogP contribution in [0.4, 0.5) is 4.79 Å². The molecule has 0 unspecified atom stereocenters. The maximum absolute atomic E-state index is 11.8. The first kappa shape index (κ1) is 29.4. The van der Waals surface area contributed by atoms with Gasteiger partial charge in [-0.05, 0) is 70.3 Å². The Morgan fingerprint density at radius 1 is 1.00 bits per heavy atom. The molecule has 2 aliphatic carbocycles. The zero-order valence-electron chi connectivity index (χ0n) is 24.8. The van der Waals surface area contributed by atoms with Crippen molar-refractivity contribution in [3.63, 3.8) is 0 Å². The number of ether oxygens (including phenoxy) is 3. The first-order valence-corrected chi connectivity index (χ1v) is 16.3. The number of carbonyl (C=O) groups excluding carboxylic acids is 1. The Hall–Kier alpha value is -2.57. The van der Waals surface area contributed by atoms with Crippen molar-refractivity contribution < 1.29 is 23.4 Å². The largest absolute Gasteiger partial charge is 0.508 e. The number of methoxy groups -OCH3 is 2. The van der Waals surface area contributed by atoms with E-state index in [9.17, 15) is 4.79 Å². The Morgan fingerprint density at radius 3 is 2.10 bits per heavy atom. The van der Waals surface area contributed by atoms with E-state index < -0.39 is 14.5 Å². The second-order valence-corrected chi connectivity index (χ2v) is 16.8. The van der Waals surface area contributed by atoms with Crippen LogP contribution in [-0.2, 0) is 18.6 Å². The minimum absolute atomic E-state index is 0.0282. The molecular weight excluding hydrogens is 504 g/mol. The van der Waals surface area contributed by atoms with Gasteiger partial charge >= 0.3 is 6.16 Å². The molecule has 212 valence electrons. The fourth-order valence-corrected chi connectivity index (χ4v) is 12.0. The number of benzene rings is 2. The smallest absolute Gasteiger partial charge is 0.497 e. The Kier molecular flexibility index (Phi) is 8.97. The summed E-state index contributed by atoms with van der Waals surface area (Å²) in [5, 5.41) is 2.62. The Bertz CT molecular complexity index is 1100. The van der Waals surface area contributed by atoms with Gasteiger partial charge in [-0.15, -0.1) is 0 Å². The summed E-state index contributed by atoms with van der Waals surface area (Å²) in [6.45, 7) is 12.5. The first-order chi connectivity index (χ1) is 18.6. The van der Waals surface area contributed by atoms with Crippen molar-refractivity contribution in [1.29, 1.82) is 0 Å². The average molecular weight is 551 g/mol. The van der Waals surface area contributed by atoms with Crippen molar-refractivity contribution in [2.24, 2.45) is 17.3 Å². The Balaban J connectivity index is 1.55. The number of allylic oxidation sites excluding steroid dienone is 1. The van der Waals surface area contributed by atoms with E-state index in [4.69, 9.17) is 18.6 Å². The summed E-state index contributed by atoms with van der Waals surface area (Å²) in [4.78, 5) is 11.8. The summed E-state index contributed by atoms with van der Waals surface area (Å²) in [5.74, 6) is 1.84. The van der Waals surface area contributed by atoms with Crippen LogP contribution < -0.4 is 10.4 Å². The van der Waals surface area contributed by atoms with Gasteiger partial charge in [0.15, 0.2) is 6.10 Å². The van der Waals surface area contributed by atoms with Crippen molar-refractivity contribution in [2.45, 2.75) is 77.9 Å². The van der Waals surface area contributed by atoms with Gasteiger partial charge < -0.3 is 18.6 Å². The van der Waals surface area contributed by atoms with Crippen molar-refractivity contribution in [3.05, 3.63) is 72.0 Å². The fraction of sp³-hybridized carbons (Fsp3) is 0.545. The summed E-state index contributed by atoms with van der Waals surface area (Å²) in [5.41, 5.74) is 1.35. The quantitative estimate of drug-likeness (QED) is 0.252. The van der Waals surface area contributed by atoms with Crippen LogP contribution in [0.25, 0.3) is 0 Å². The van der Waals surface area contributed by atoms with E-state index >= 15 is 0 Å². The molecule has 39 heavy (non-hydrogen) atoms. The zero-order valence-corrected chi connectivity index (χ0v) is 25.8. The second-order valence-electron chi connectivity index (χ2n) is 12.5. The molecule has 0 aromatic heterocycles. The van der Waals surface area contributed by atoms with Crippen LogP contribution in [0.15, 0.2) is 72.0 Å². The predicted octanol–water partition coefficient (Wildman–Crippen LogP) is 6.85. The Labute approximate surface area is 236 Å². The van der Waals surface area contributed by atoms with Crippen molar-refractivity contribution in [2.75, 3.05) is 20.8 Å². The van der Waals surface area contributed by atoms with E-state index in [0.717, 1.165) is 44.5 Å². The molecule has 2 aromatic carbocycles. The van der Waals surface area contributed by atoms with E-state index in [1.807, 2.05) is 0 Å². The van der Waals surface area contributed by atoms with Crippen LogP contribution in [-0.4, -0.2) is 41.4 Å². The summed E-state index contributed by atoms with van der Waals surface area (Å²) in [6, 6.07) is 21.7. The molecule has 6 heteroatoms. The van der Waals surface area contributed by atoms with Gasteiger partial charge in [0.25, 0.3) is 8.32 Å². The molecule has 4 atom stereocenters. The van der Waals surface area contributed by atoms with Crippen LogP contribution in [0.5, 0.6) is 0 Å². The van der Waals surface area contributed by atoms with Gasteiger partial charge in [0.2, 0.25) is 0 Å². The number of hydrogen-bond acceptors (Lipinski definition) is 5. The summed E-state index contributed by atoms with van der Waals surface area (Å²) >= 11 is 0. The lowest BCUT2D eigenvalue weighted by atomic mass is 9.65. The lowest BCUT2D eigenvalue weighted by Crippen LogP contribution is -2.66. The maximum Gasteiger partial charge on any atom is 0.508 e. The van der Waals surface area contributed by atoms with E-state index in [-0.39, 0.29) is 16.6 Å². The minimum Gasteiger partial charge on any atom is -0.497 e. The Morgan fingerprint density at radius 2 is 1.59 bits per heavy atom. The molecule has 0 bridgehead atoms. The van der Waals surface area contributed by atoms with E-state index in [1.54, 1.807) is 7.11 Å². The van der Waals surface area contributed by atoms with Crippen LogP contribution in [0, 0.1) is 17.3 Å². The number of hydrogen-bond donors (Lipinski definition) is 0.